The van der Waals surface area contributed by atoms with Crippen LogP contribution >= 0.6 is 0 Å². The fourth-order valence-electron chi connectivity index (χ4n) is 2.40. The Morgan fingerprint density at radius 1 is 1.17 bits per heavy atom. The van der Waals surface area contributed by atoms with Crippen molar-refractivity contribution >= 4 is 5.69 Å². The van der Waals surface area contributed by atoms with Gasteiger partial charge >= 0.3 is 6.18 Å². The van der Waals surface area contributed by atoms with E-state index < -0.39 is 11.7 Å². The van der Waals surface area contributed by atoms with Crippen molar-refractivity contribution in [3.63, 3.8) is 0 Å². The summed E-state index contributed by atoms with van der Waals surface area (Å²) in [5.41, 5.74) is -0.229. The molecule has 0 aromatic heterocycles. The maximum atomic E-state index is 12.9. The van der Waals surface area contributed by atoms with Gasteiger partial charge in [-0.15, -0.1) is 0 Å². The summed E-state index contributed by atoms with van der Waals surface area (Å²) < 4.78 is 38.7. The minimum atomic E-state index is -4.28. The highest BCUT2D eigenvalue weighted by Crippen LogP contribution is 2.37. The molecule has 0 radical (unpaired) electrons. The third-order valence-corrected chi connectivity index (χ3v) is 3.45. The Kier molecular flexibility index (Phi) is 3.80. The summed E-state index contributed by atoms with van der Waals surface area (Å²) in [5.74, 6) is 0. The van der Waals surface area contributed by atoms with Gasteiger partial charge in [-0.2, -0.15) is 13.2 Å². The molecule has 1 aromatic rings. The zero-order valence-corrected chi connectivity index (χ0v) is 10.3. The molecule has 0 amide bonds. The maximum Gasteiger partial charge on any atom is 0.418 e. The second-order valence-electron chi connectivity index (χ2n) is 4.56. The van der Waals surface area contributed by atoms with Gasteiger partial charge in [-0.05, 0) is 32.0 Å². The van der Waals surface area contributed by atoms with Gasteiger partial charge in [0.05, 0.1) is 5.56 Å². The molecular formula is C13H17F3N2. The summed E-state index contributed by atoms with van der Waals surface area (Å²) in [4.78, 5) is 1.83. The molecule has 1 saturated heterocycles. The van der Waals surface area contributed by atoms with Gasteiger partial charge in [-0.25, -0.2) is 0 Å². The van der Waals surface area contributed by atoms with E-state index in [1.807, 2.05) is 11.9 Å². The number of alkyl halides is 3. The lowest BCUT2D eigenvalue weighted by Gasteiger charge is -2.34. The molecule has 1 aliphatic heterocycles. The van der Waals surface area contributed by atoms with Gasteiger partial charge in [0.25, 0.3) is 0 Å². The van der Waals surface area contributed by atoms with Gasteiger partial charge in [-0.3, -0.25) is 0 Å². The van der Waals surface area contributed by atoms with Crippen molar-refractivity contribution in [3.8, 4) is 0 Å². The van der Waals surface area contributed by atoms with Crippen LogP contribution in [0.25, 0.3) is 0 Å². The van der Waals surface area contributed by atoms with Gasteiger partial charge in [0.15, 0.2) is 0 Å². The van der Waals surface area contributed by atoms with E-state index in [4.69, 9.17) is 0 Å². The fraction of sp³-hybridized carbons (Fsp3) is 0.538. The van der Waals surface area contributed by atoms with Crippen LogP contribution in [-0.2, 0) is 6.18 Å². The number of anilines is 1. The van der Waals surface area contributed by atoms with Crippen molar-refractivity contribution in [1.82, 2.24) is 5.32 Å². The molecule has 1 heterocycles. The Morgan fingerprint density at radius 3 is 2.33 bits per heavy atom. The summed E-state index contributed by atoms with van der Waals surface area (Å²) >= 11 is 0. The molecule has 0 bridgehead atoms. The fourth-order valence-corrected chi connectivity index (χ4v) is 2.40. The van der Waals surface area contributed by atoms with E-state index >= 15 is 0 Å². The van der Waals surface area contributed by atoms with E-state index in [1.54, 1.807) is 12.1 Å². The second kappa shape index (κ2) is 5.18. The summed E-state index contributed by atoms with van der Waals surface area (Å²) in [5, 5.41) is 3.17. The SMILES string of the molecule is CNC1CCN(c2ccccc2C(F)(F)F)CC1. The van der Waals surface area contributed by atoms with Crippen LogP contribution < -0.4 is 10.2 Å². The molecule has 5 heteroatoms. The maximum absolute atomic E-state index is 12.9. The first-order valence-corrected chi connectivity index (χ1v) is 6.11. The summed E-state index contributed by atoms with van der Waals surface area (Å²) in [7, 11) is 1.89. The molecule has 1 N–H and O–H groups in total. The number of halogens is 3. The lowest BCUT2D eigenvalue weighted by atomic mass is 10.0. The zero-order chi connectivity index (χ0) is 13.2. The minimum absolute atomic E-state index is 0.305. The average molecular weight is 258 g/mol. The predicted octanol–water partition coefficient (Wildman–Crippen LogP) is 2.89. The Labute approximate surface area is 105 Å². The molecule has 0 saturated carbocycles. The molecular weight excluding hydrogens is 241 g/mol. The van der Waals surface area contributed by atoms with E-state index in [9.17, 15) is 13.2 Å². The van der Waals surface area contributed by atoms with Gasteiger partial charge < -0.3 is 10.2 Å². The van der Waals surface area contributed by atoms with E-state index in [0.29, 0.717) is 24.8 Å². The first-order chi connectivity index (χ1) is 8.52. The molecule has 18 heavy (non-hydrogen) atoms. The summed E-state index contributed by atoms with van der Waals surface area (Å²) in [6.45, 7) is 1.33. The molecule has 1 fully saturated rings. The van der Waals surface area contributed by atoms with Gasteiger partial charge in [0.1, 0.15) is 0 Å². The van der Waals surface area contributed by atoms with Crippen molar-refractivity contribution in [2.75, 3.05) is 25.0 Å². The smallest absolute Gasteiger partial charge is 0.371 e. The largest absolute Gasteiger partial charge is 0.418 e. The Bertz CT molecular complexity index is 395. The normalized spacial score (nSPS) is 18.1. The number of nitrogens with one attached hydrogen (secondary N) is 1. The molecule has 2 rings (SSSR count). The number of para-hydroxylation sites is 1. The van der Waals surface area contributed by atoms with Crippen LogP contribution in [0.4, 0.5) is 18.9 Å². The minimum Gasteiger partial charge on any atom is -0.371 e. The first-order valence-electron chi connectivity index (χ1n) is 6.11. The van der Waals surface area contributed by atoms with Crippen molar-refractivity contribution in [2.45, 2.75) is 25.1 Å². The zero-order valence-electron chi connectivity index (χ0n) is 10.3. The van der Waals surface area contributed by atoms with Crippen LogP contribution in [0.1, 0.15) is 18.4 Å². The Hall–Kier alpha value is -1.23. The van der Waals surface area contributed by atoms with Crippen molar-refractivity contribution < 1.29 is 13.2 Å². The molecule has 0 unspecified atom stereocenters. The van der Waals surface area contributed by atoms with Crippen LogP contribution in [0, 0.1) is 0 Å². The van der Waals surface area contributed by atoms with Gasteiger partial charge in [0.2, 0.25) is 0 Å². The average Bonchev–Trinajstić information content (AvgIpc) is 2.38. The van der Waals surface area contributed by atoms with Crippen LogP contribution in [0.5, 0.6) is 0 Å². The second-order valence-corrected chi connectivity index (χ2v) is 4.56. The van der Waals surface area contributed by atoms with E-state index in [0.717, 1.165) is 18.9 Å². The number of piperidine rings is 1. The Morgan fingerprint density at radius 2 is 1.78 bits per heavy atom. The predicted molar refractivity (Wildman–Crippen MR) is 65.7 cm³/mol. The van der Waals surface area contributed by atoms with Gasteiger partial charge in [0, 0.05) is 24.8 Å². The highest BCUT2D eigenvalue weighted by molar-refractivity contribution is 5.55. The topological polar surface area (TPSA) is 15.3 Å². The van der Waals surface area contributed by atoms with Crippen LogP contribution in [-0.4, -0.2) is 26.2 Å². The van der Waals surface area contributed by atoms with E-state index in [1.165, 1.54) is 6.07 Å². The number of nitrogens with zero attached hydrogens (tertiary/aromatic N) is 1. The third-order valence-electron chi connectivity index (χ3n) is 3.45. The van der Waals surface area contributed by atoms with Crippen LogP contribution in [0.2, 0.25) is 0 Å². The highest BCUT2D eigenvalue weighted by atomic mass is 19.4. The van der Waals surface area contributed by atoms with E-state index in [2.05, 4.69) is 5.32 Å². The molecule has 0 spiro atoms. The molecule has 1 aromatic carbocycles. The standard InChI is InChI=1S/C13H17F3N2/c1-17-10-6-8-18(9-7-10)12-5-3-2-4-11(12)13(14,15)16/h2-5,10,17H,6-9H2,1H3. The molecule has 100 valence electrons. The summed E-state index contributed by atoms with van der Waals surface area (Å²) in [6, 6.07) is 6.22. The first kappa shape index (κ1) is 13.2. The molecule has 0 atom stereocenters. The quantitative estimate of drug-likeness (QED) is 0.877. The van der Waals surface area contributed by atoms with Crippen molar-refractivity contribution in [1.29, 1.82) is 0 Å². The lowest BCUT2D eigenvalue weighted by Crippen LogP contribution is -2.41. The number of rotatable bonds is 2. The Balaban J connectivity index is 2.19. The molecule has 2 nitrogen and oxygen atoms in total. The number of benzene rings is 1. The number of hydrogen-bond donors (Lipinski definition) is 1. The highest BCUT2D eigenvalue weighted by Gasteiger charge is 2.35. The molecule has 0 aliphatic carbocycles. The lowest BCUT2D eigenvalue weighted by molar-refractivity contribution is -0.137. The number of hydrogen-bond acceptors (Lipinski definition) is 2. The monoisotopic (exact) mass is 258 g/mol. The van der Waals surface area contributed by atoms with Crippen molar-refractivity contribution in [2.24, 2.45) is 0 Å². The molecule has 1 aliphatic rings. The van der Waals surface area contributed by atoms with Crippen LogP contribution in [0.15, 0.2) is 24.3 Å². The van der Waals surface area contributed by atoms with Crippen LogP contribution in [0.3, 0.4) is 0 Å². The van der Waals surface area contributed by atoms with Crippen molar-refractivity contribution in [3.05, 3.63) is 29.8 Å². The third kappa shape index (κ3) is 2.77. The van der Waals surface area contributed by atoms with E-state index in [-0.39, 0.29) is 0 Å². The summed E-state index contributed by atoms with van der Waals surface area (Å²) in [6.07, 6.45) is -2.53. The van der Waals surface area contributed by atoms with Gasteiger partial charge in [-0.1, -0.05) is 12.1 Å².